The van der Waals surface area contributed by atoms with Crippen LogP contribution in [0, 0.1) is 0 Å². The molecule has 0 N–H and O–H groups in total. The molecule has 0 atom stereocenters. The topological polar surface area (TPSA) is 55.2 Å². The molecule has 26 heavy (non-hydrogen) atoms. The van der Waals surface area contributed by atoms with Gasteiger partial charge >= 0.3 is 0 Å². The lowest BCUT2D eigenvalue weighted by Crippen LogP contribution is -2.36. The first-order chi connectivity index (χ1) is 12.6. The second-order valence-electron chi connectivity index (χ2n) is 6.42. The normalized spacial score (nSPS) is 14.3. The van der Waals surface area contributed by atoms with E-state index in [9.17, 15) is 9.59 Å². The smallest absolute Gasteiger partial charge is 0.275 e. The molecule has 0 spiro atoms. The summed E-state index contributed by atoms with van der Waals surface area (Å²) in [6.07, 6.45) is 2.90. The van der Waals surface area contributed by atoms with Gasteiger partial charge in [-0.3, -0.25) is 9.59 Å². The maximum Gasteiger partial charge on any atom is 0.275 e. The summed E-state index contributed by atoms with van der Waals surface area (Å²) in [6, 6.07) is 17.4. The molecule has 5 nitrogen and oxygen atoms in total. The summed E-state index contributed by atoms with van der Waals surface area (Å²) in [7, 11) is 1.58. The van der Waals surface area contributed by atoms with Crippen LogP contribution in [0.2, 0.25) is 0 Å². The molecule has 1 aliphatic rings. The van der Waals surface area contributed by atoms with Crippen LogP contribution in [0.3, 0.4) is 0 Å². The largest absolute Gasteiger partial charge is 0.333 e. The van der Waals surface area contributed by atoms with Crippen LogP contribution < -0.4 is 5.56 Å². The van der Waals surface area contributed by atoms with E-state index in [-0.39, 0.29) is 11.5 Å². The van der Waals surface area contributed by atoms with E-state index >= 15 is 0 Å². The second kappa shape index (κ2) is 6.59. The number of fused-ring (bicyclic) bond motifs is 1. The molecule has 0 bridgehead atoms. The molecular formula is C21H19N3O2. The van der Waals surface area contributed by atoms with E-state index in [1.807, 2.05) is 24.3 Å². The van der Waals surface area contributed by atoms with Crippen LogP contribution >= 0.6 is 0 Å². The van der Waals surface area contributed by atoms with Crippen molar-refractivity contribution in [1.82, 2.24) is 14.7 Å². The molecule has 1 aliphatic heterocycles. The van der Waals surface area contributed by atoms with Crippen LogP contribution in [0.1, 0.15) is 22.5 Å². The predicted octanol–water partition coefficient (Wildman–Crippen LogP) is 2.86. The van der Waals surface area contributed by atoms with Crippen LogP contribution in [0.15, 0.2) is 65.5 Å². The average molecular weight is 345 g/mol. The maximum absolute atomic E-state index is 13.0. The minimum atomic E-state index is -0.193. The monoisotopic (exact) mass is 345 g/mol. The zero-order valence-electron chi connectivity index (χ0n) is 14.6. The molecule has 3 aromatic rings. The van der Waals surface area contributed by atoms with Crippen molar-refractivity contribution >= 4 is 22.3 Å². The molecule has 1 aromatic heterocycles. The van der Waals surface area contributed by atoms with E-state index < -0.39 is 0 Å². The van der Waals surface area contributed by atoms with E-state index in [1.165, 1.54) is 15.8 Å². The number of nitrogens with zero attached hydrogens (tertiary/aromatic N) is 3. The van der Waals surface area contributed by atoms with Crippen LogP contribution in [0.4, 0.5) is 0 Å². The van der Waals surface area contributed by atoms with Gasteiger partial charge < -0.3 is 4.90 Å². The fraction of sp³-hybridized carbons (Fsp3) is 0.190. The van der Waals surface area contributed by atoms with Crippen LogP contribution in [-0.2, 0) is 7.05 Å². The van der Waals surface area contributed by atoms with E-state index in [0.29, 0.717) is 29.6 Å². The number of amides is 1. The Labute approximate surface area is 151 Å². The van der Waals surface area contributed by atoms with Crippen LogP contribution in [-0.4, -0.2) is 33.7 Å². The Hall–Kier alpha value is -3.21. The lowest BCUT2D eigenvalue weighted by molar-refractivity contribution is 0.0767. The average Bonchev–Trinajstić information content (AvgIpc) is 2.71. The quantitative estimate of drug-likeness (QED) is 0.718. The maximum atomic E-state index is 13.0. The summed E-state index contributed by atoms with van der Waals surface area (Å²) in [5, 5.41) is 5.37. The molecule has 1 amide bonds. The van der Waals surface area contributed by atoms with Gasteiger partial charge in [0.25, 0.3) is 11.5 Å². The molecule has 130 valence electrons. The molecule has 0 radical (unpaired) electrons. The van der Waals surface area contributed by atoms with Gasteiger partial charge in [0.2, 0.25) is 0 Å². The summed E-state index contributed by atoms with van der Waals surface area (Å²) < 4.78 is 1.24. The van der Waals surface area contributed by atoms with Crippen molar-refractivity contribution in [2.45, 2.75) is 6.42 Å². The van der Waals surface area contributed by atoms with Crippen molar-refractivity contribution in [2.75, 3.05) is 13.1 Å². The summed E-state index contributed by atoms with van der Waals surface area (Å²) in [6.45, 7) is 1.18. The van der Waals surface area contributed by atoms with Crippen LogP contribution in [0.5, 0.6) is 0 Å². The number of hydrogen-bond donors (Lipinski definition) is 0. The Bertz CT molecular complexity index is 1070. The third kappa shape index (κ3) is 2.81. The van der Waals surface area contributed by atoms with Crippen molar-refractivity contribution < 1.29 is 4.79 Å². The number of aromatic nitrogens is 2. The molecule has 2 heterocycles. The first kappa shape index (κ1) is 16.3. The highest BCUT2D eigenvalue weighted by Gasteiger charge is 2.23. The Morgan fingerprint density at radius 2 is 1.69 bits per heavy atom. The minimum absolute atomic E-state index is 0.139. The summed E-state index contributed by atoms with van der Waals surface area (Å²) in [5.74, 6) is -0.139. The Morgan fingerprint density at radius 3 is 2.38 bits per heavy atom. The molecule has 0 saturated carbocycles. The molecule has 0 unspecified atom stereocenters. The first-order valence-corrected chi connectivity index (χ1v) is 8.65. The van der Waals surface area contributed by atoms with Gasteiger partial charge in [-0.25, -0.2) is 4.68 Å². The van der Waals surface area contributed by atoms with Gasteiger partial charge in [0.1, 0.15) is 0 Å². The van der Waals surface area contributed by atoms with E-state index in [1.54, 1.807) is 30.1 Å². The Balaban J connectivity index is 1.66. The number of benzene rings is 2. The fourth-order valence-electron chi connectivity index (χ4n) is 3.38. The van der Waals surface area contributed by atoms with Crippen molar-refractivity contribution in [3.63, 3.8) is 0 Å². The molecule has 0 aliphatic carbocycles. The fourth-order valence-corrected chi connectivity index (χ4v) is 3.38. The summed E-state index contributed by atoms with van der Waals surface area (Å²) in [4.78, 5) is 27.1. The lowest BCUT2D eigenvalue weighted by atomic mass is 9.99. The highest BCUT2D eigenvalue weighted by molar-refractivity contribution is 6.05. The number of hydrogen-bond acceptors (Lipinski definition) is 3. The summed E-state index contributed by atoms with van der Waals surface area (Å²) >= 11 is 0. The minimum Gasteiger partial charge on any atom is -0.333 e. The number of rotatable bonds is 2. The standard InChI is InChI=1S/C21H19N3O2/c1-23-20(25)18-10-6-5-9-17(18)19(22-23)21(26)24-13-11-16(12-14-24)15-7-3-2-4-8-15/h2-11H,12-14H2,1H3. The van der Waals surface area contributed by atoms with Gasteiger partial charge in [-0.2, -0.15) is 5.10 Å². The molecular weight excluding hydrogens is 326 g/mol. The zero-order valence-corrected chi connectivity index (χ0v) is 14.6. The summed E-state index contributed by atoms with van der Waals surface area (Å²) in [5.41, 5.74) is 2.60. The van der Waals surface area contributed by atoms with Gasteiger partial charge in [-0.15, -0.1) is 0 Å². The molecule has 0 saturated heterocycles. The van der Waals surface area contributed by atoms with E-state index in [4.69, 9.17) is 0 Å². The zero-order chi connectivity index (χ0) is 18.1. The predicted molar refractivity (Wildman–Crippen MR) is 102 cm³/mol. The van der Waals surface area contributed by atoms with E-state index in [0.717, 1.165) is 6.42 Å². The van der Waals surface area contributed by atoms with Gasteiger partial charge in [0, 0.05) is 25.5 Å². The first-order valence-electron chi connectivity index (χ1n) is 8.65. The number of aryl methyl sites for hydroxylation is 1. The molecule has 2 aromatic carbocycles. The lowest BCUT2D eigenvalue weighted by Gasteiger charge is -2.26. The third-order valence-electron chi connectivity index (χ3n) is 4.80. The number of carbonyl (C=O) groups excluding carboxylic acids is 1. The highest BCUT2D eigenvalue weighted by Crippen LogP contribution is 2.23. The molecule has 5 heteroatoms. The van der Waals surface area contributed by atoms with Crippen molar-refractivity contribution in [1.29, 1.82) is 0 Å². The van der Waals surface area contributed by atoms with Gasteiger partial charge in [0.05, 0.1) is 5.39 Å². The van der Waals surface area contributed by atoms with E-state index in [2.05, 4.69) is 23.3 Å². The highest BCUT2D eigenvalue weighted by atomic mass is 16.2. The van der Waals surface area contributed by atoms with Gasteiger partial charge in [-0.05, 0) is 23.6 Å². The van der Waals surface area contributed by atoms with Crippen molar-refractivity contribution in [3.05, 3.63) is 82.3 Å². The molecule has 4 rings (SSSR count). The van der Waals surface area contributed by atoms with Gasteiger partial charge in [0.15, 0.2) is 5.69 Å². The van der Waals surface area contributed by atoms with Gasteiger partial charge in [-0.1, -0.05) is 54.6 Å². The van der Waals surface area contributed by atoms with Crippen molar-refractivity contribution in [2.24, 2.45) is 7.05 Å². The number of carbonyl (C=O) groups is 1. The Morgan fingerprint density at radius 1 is 1.00 bits per heavy atom. The van der Waals surface area contributed by atoms with Crippen LogP contribution in [0.25, 0.3) is 16.3 Å². The molecule has 0 fully saturated rings. The second-order valence-corrected chi connectivity index (χ2v) is 6.42. The Kier molecular flexibility index (Phi) is 4.13. The SMILES string of the molecule is Cn1nc(C(=O)N2CC=C(c3ccccc3)CC2)c2ccccc2c1=O. The third-order valence-corrected chi connectivity index (χ3v) is 4.80. The van der Waals surface area contributed by atoms with Crippen molar-refractivity contribution in [3.8, 4) is 0 Å².